The summed E-state index contributed by atoms with van der Waals surface area (Å²) in [4.78, 5) is 45.1. The number of methoxy groups -OCH3 is 2. The zero-order valence-electron chi connectivity index (χ0n) is 12.3. The lowest BCUT2D eigenvalue weighted by atomic mass is 9.99. The molecular weight excluding hydrogens is 340 g/mol. The molecule has 0 unspecified atom stereocenters. The van der Waals surface area contributed by atoms with Crippen LogP contribution in [0.15, 0.2) is 24.3 Å². The molecule has 6 nitrogen and oxygen atoms in total. The van der Waals surface area contributed by atoms with E-state index < -0.39 is 46.5 Å². The van der Waals surface area contributed by atoms with Crippen molar-refractivity contribution in [2.75, 3.05) is 14.2 Å². The van der Waals surface area contributed by atoms with E-state index in [4.69, 9.17) is 0 Å². The molecule has 0 N–H and O–H groups in total. The van der Waals surface area contributed by atoms with Crippen LogP contribution in [-0.4, -0.2) is 49.6 Å². The van der Waals surface area contributed by atoms with E-state index in [0.29, 0.717) is 20.3 Å². The van der Waals surface area contributed by atoms with Crippen molar-refractivity contribution in [3.8, 4) is 0 Å². The molecule has 0 heterocycles. The quantitative estimate of drug-likeness (QED) is 0.336. The van der Waals surface area contributed by atoms with Gasteiger partial charge in [0.2, 0.25) is 11.6 Å². The molecule has 0 aliphatic rings. The second-order valence-corrected chi connectivity index (χ2v) is 4.37. The third-order valence-corrected chi connectivity index (χ3v) is 2.84. The van der Waals surface area contributed by atoms with Crippen LogP contribution in [0.4, 0.5) is 17.6 Å². The zero-order chi connectivity index (χ0) is 18.7. The number of carbonyl (C=O) groups is 4. The summed E-state index contributed by atoms with van der Waals surface area (Å²) >= 11 is 0. The van der Waals surface area contributed by atoms with Gasteiger partial charge in [-0.1, -0.05) is 18.2 Å². The number of ether oxygens (including phenoxy) is 2. The second-order valence-electron chi connectivity index (χ2n) is 4.37. The average Bonchev–Trinajstić information content (AvgIpc) is 2.58. The lowest BCUT2D eigenvalue weighted by Gasteiger charge is -2.14. The van der Waals surface area contributed by atoms with Gasteiger partial charge in [0.15, 0.2) is 0 Å². The van der Waals surface area contributed by atoms with Crippen molar-refractivity contribution in [1.82, 2.24) is 0 Å². The van der Waals surface area contributed by atoms with Crippen LogP contribution in [0, 0.1) is 0 Å². The first-order chi connectivity index (χ1) is 11.0. The maximum Gasteiger partial charge on any atom is 0.404 e. The van der Waals surface area contributed by atoms with E-state index >= 15 is 0 Å². The van der Waals surface area contributed by atoms with E-state index in [0.717, 1.165) is 18.2 Å². The molecule has 0 saturated carbocycles. The second kappa shape index (κ2) is 6.77. The highest BCUT2D eigenvalue weighted by Gasteiger charge is 2.51. The molecule has 10 heteroatoms. The molecule has 1 rings (SSSR count). The highest BCUT2D eigenvalue weighted by atomic mass is 19.3. The van der Waals surface area contributed by atoms with Crippen molar-refractivity contribution >= 4 is 23.5 Å². The minimum Gasteiger partial charge on any atom is -0.464 e. The topological polar surface area (TPSA) is 86.7 Å². The van der Waals surface area contributed by atoms with Crippen molar-refractivity contribution < 1.29 is 46.2 Å². The fourth-order valence-corrected chi connectivity index (χ4v) is 1.61. The summed E-state index contributed by atoms with van der Waals surface area (Å²) in [5.74, 6) is -17.5. The number of carbonyl (C=O) groups excluding carboxylic acids is 4. The SMILES string of the molecule is COC(=O)C(F)(F)C(=O)c1cccc(C(=O)C(F)(F)C(=O)OC)c1. The fourth-order valence-electron chi connectivity index (χ4n) is 1.61. The Kier molecular flexibility index (Phi) is 5.43. The lowest BCUT2D eigenvalue weighted by Crippen LogP contribution is -2.40. The van der Waals surface area contributed by atoms with Gasteiger partial charge < -0.3 is 9.47 Å². The lowest BCUT2D eigenvalue weighted by molar-refractivity contribution is -0.162. The number of hydrogen-bond donors (Lipinski definition) is 0. The van der Waals surface area contributed by atoms with Gasteiger partial charge in [0.25, 0.3) is 0 Å². The summed E-state index contributed by atoms with van der Waals surface area (Å²) in [6.45, 7) is 0. The summed E-state index contributed by atoms with van der Waals surface area (Å²) in [5, 5.41) is 0. The van der Waals surface area contributed by atoms with Gasteiger partial charge in [-0.25, -0.2) is 9.59 Å². The van der Waals surface area contributed by atoms with Crippen LogP contribution in [0.3, 0.4) is 0 Å². The van der Waals surface area contributed by atoms with Crippen molar-refractivity contribution in [2.45, 2.75) is 11.8 Å². The number of rotatable bonds is 6. The highest BCUT2D eigenvalue weighted by molar-refractivity contribution is 6.17. The molecule has 0 atom stereocenters. The molecule has 1 aromatic carbocycles. The summed E-state index contributed by atoms with van der Waals surface area (Å²) in [6, 6.07) is 2.85. The first-order valence-electron chi connectivity index (χ1n) is 6.12. The van der Waals surface area contributed by atoms with Crippen molar-refractivity contribution in [2.24, 2.45) is 0 Å². The van der Waals surface area contributed by atoms with E-state index in [9.17, 15) is 36.7 Å². The Morgan fingerprint density at radius 3 is 1.42 bits per heavy atom. The number of alkyl halides is 4. The molecule has 0 saturated heterocycles. The predicted octanol–water partition coefficient (Wildman–Crippen LogP) is 1.67. The minimum absolute atomic E-state index is 0.415. The maximum atomic E-state index is 13.5. The highest BCUT2D eigenvalue weighted by Crippen LogP contribution is 2.25. The van der Waals surface area contributed by atoms with Gasteiger partial charge in [0, 0.05) is 11.1 Å². The van der Waals surface area contributed by atoms with Gasteiger partial charge in [-0.15, -0.1) is 0 Å². The van der Waals surface area contributed by atoms with Crippen LogP contribution in [0.25, 0.3) is 0 Å². The van der Waals surface area contributed by atoms with E-state index in [-0.39, 0.29) is 0 Å². The molecule has 0 bridgehead atoms. The molecule has 0 aliphatic carbocycles. The van der Waals surface area contributed by atoms with Crippen LogP contribution in [0.1, 0.15) is 20.7 Å². The monoisotopic (exact) mass is 350 g/mol. The summed E-state index contributed by atoms with van der Waals surface area (Å²) < 4.78 is 61.6. The van der Waals surface area contributed by atoms with E-state index in [1.54, 1.807) is 0 Å². The minimum atomic E-state index is -4.57. The molecule has 0 aromatic heterocycles. The Hall–Kier alpha value is -2.78. The number of benzene rings is 1. The van der Waals surface area contributed by atoms with Crippen LogP contribution in [0.2, 0.25) is 0 Å². The Balaban J connectivity index is 3.25. The molecule has 0 spiro atoms. The number of halogens is 4. The Morgan fingerprint density at radius 2 is 1.12 bits per heavy atom. The summed E-state index contributed by atoms with van der Waals surface area (Å²) in [7, 11) is 1.25. The van der Waals surface area contributed by atoms with Crippen molar-refractivity contribution in [3.05, 3.63) is 35.4 Å². The summed E-state index contributed by atoms with van der Waals surface area (Å²) in [6.07, 6.45) is 0. The third-order valence-electron chi connectivity index (χ3n) is 2.84. The molecule has 0 fully saturated rings. The molecule has 1 aromatic rings. The molecule has 0 amide bonds. The fraction of sp³-hybridized carbons (Fsp3) is 0.286. The normalized spacial score (nSPS) is 11.6. The maximum absolute atomic E-state index is 13.5. The van der Waals surface area contributed by atoms with Crippen LogP contribution in [0.5, 0.6) is 0 Å². The largest absolute Gasteiger partial charge is 0.464 e. The first kappa shape index (κ1) is 19.3. The van der Waals surface area contributed by atoms with Gasteiger partial charge in [0.1, 0.15) is 0 Å². The smallest absolute Gasteiger partial charge is 0.404 e. The van der Waals surface area contributed by atoms with Gasteiger partial charge >= 0.3 is 23.8 Å². The number of ketones is 2. The molecule has 24 heavy (non-hydrogen) atoms. The molecule has 130 valence electrons. The predicted molar refractivity (Wildman–Crippen MR) is 69.0 cm³/mol. The third kappa shape index (κ3) is 3.42. The van der Waals surface area contributed by atoms with Crippen molar-refractivity contribution in [1.29, 1.82) is 0 Å². The Morgan fingerprint density at radius 1 is 0.792 bits per heavy atom. The molecule has 0 aliphatic heterocycles. The van der Waals surface area contributed by atoms with E-state index in [2.05, 4.69) is 9.47 Å². The number of Topliss-reactive ketones (excluding diaryl/α,β-unsaturated/α-hetero) is 2. The number of esters is 2. The standard InChI is InChI=1S/C14H10F4O6/c1-23-11(21)13(15,16)9(19)7-4-3-5-8(6-7)10(20)14(17,18)12(22)24-2/h3-6H,1-2H3. The van der Waals surface area contributed by atoms with E-state index in [1.165, 1.54) is 0 Å². The van der Waals surface area contributed by atoms with Crippen LogP contribution < -0.4 is 0 Å². The van der Waals surface area contributed by atoms with Crippen LogP contribution >= 0.6 is 0 Å². The van der Waals surface area contributed by atoms with Gasteiger partial charge in [-0.2, -0.15) is 17.6 Å². The first-order valence-corrected chi connectivity index (χ1v) is 6.12. The van der Waals surface area contributed by atoms with Crippen LogP contribution in [-0.2, 0) is 19.1 Å². The zero-order valence-corrected chi connectivity index (χ0v) is 12.3. The van der Waals surface area contributed by atoms with Gasteiger partial charge in [0.05, 0.1) is 14.2 Å². The molecule has 0 radical (unpaired) electrons. The Labute approximate surface area is 132 Å². The average molecular weight is 350 g/mol. The summed E-state index contributed by atoms with van der Waals surface area (Å²) in [5.41, 5.74) is -1.78. The molecular formula is C14H10F4O6. The number of hydrogen-bond acceptors (Lipinski definition) is 6. The Bertz CT molecular complexity index is 643. The van der Waals surface area contributed by atoms with Crippen molar-refractivity contribution in [3.63, 3.8) is 0 Å². The van der Waals surface area contributed by atoms with Gasteiger partial charge in [-0.3, -0.25) is 9.59 Å². The van der Waals surface area contributed by atoms with Gasteiger partial charge in [-0.05, 0) is 6.07 Å². The van der Waals surface area contributed by atoms with E-state index in [1.807, 2.05) is 0 Å².